The van der Waals surface area contributed by atoms with E-state index in [1.807, 2.05) is 13.2 Å². The van der Waals surface area contributed by atoms with E-state index in [9.17, 15) is 0 Å². The van der Waals surface area contributed by atoms with Crippen LogP contribution in [0.15, 0.2) is 24.3 Å². The Balaban J connectivity index is 2.10. The molecule has 1 saturated carbocycles. The lowest BCUT2D eigenvalue weighted by atomic mass is 9.72. The third-order valence-corrected chi connectivity index (χ3v) is 4.46. The van der Waals surface area contributed by atoms with Crippen molar-refractivity contribution in [3.8, 4) is 5.75 Å². The van der Waals surface area contributed by atoms with Gasteiger partial charge in [-0.3, -0.25) is 0 Å². The first-order valence-corrected chi connectivity index (χ1v) is 7.65. The van der Waals surface area contributed by atoms with Gasteiger partial charge in [-0.25, -0.2) is 0 Å². The molecule has 1 aliphatic carbocycles. The van der Waals surface area contributed by atoms with Crippen LogP contribution in [0.2, 0.25) is 0 Å². The Morgan fingerprint density at radius 2 is 2.10 bits per heavy atom. The number of hydrogen-bond acceptors (Lipinski definition) is 3. The highest BCUT2D eigenvalue weighted by Gasteiger charge is 2.44. The van der Waals surface area contributed by atoms with Crippen molar-refractivity contribution in [1.29, 1.82) is 0 Å². The standard InChI is InChI=1S/C17H27NO2/c1-4-11-18-16(17(20-3)9-6-10-17)13-14-7-5-8-15(12-14)19-2/h5,7-8,12,16,18H,4,6,9-11,13H2,1-3H3. The van der Waals surface area contributed by atoms with Crippen LogP contribution in [0.5, 0.6) is 5.75 Å². The quantitative estimate of drug-likeness (QED) is 0.791. The third-order valence-electron chi connectivity index (χ3n) is 4.46. The van der Waals surface area contributed by atoms with Crippen molar-refractivity contribution in [1.82, 2.24) is 5.32 Å². The van der Waals surface area contributed by atoms with Crippen molar-refractivity contribution in [3.05, 3.63) is 29.8 Å². The third kappa shape index (κ3) is 3.33. The summed E-state index contributed by atoms with van der Waals surface area (Å²) in [5.74, 6) is 0.928. The van der Waals surface area contributed by atoms with Crippen LogP contribution in [0.3, 0.4) is 0 Å². The molecule has 3 nitrogen and oxygen atoms in total. The monoisotopic (exact) mass is 277 g/mol. The highest BCUT2D eigenvalue weighted by molar-refractivity contribution is 5.29. The molecule has 1 aliphatic rings. The van der Waals surface area contributed by atoms with Gasteiger partial charge in [0.25, 0.3) is 0 Å². The lowest BCUT2D eigenvalue weighted by molar-refractivity contribution is -0.0980. The van der Waals surface area contributed by atoms with Crippen LogP contribution in [0.1, 0.15) is 38.2 Å². The molecule has 1 fully saturated rings. The molecular formula is C17H27NO2. The van der Waals surface area contributed by atoms with E-state index in [0.29, 0.717) is 6.04 Å². The van der Waals surface area contributed by atoms with Crippen molar-refractivity contribution in [2.45, 2.75) is 50.7 Å². The van der Waals surface area contributed by atoms with E-state index in [0.717, 1.165) is 38.0 Å². The van der Waals surface area contributed by atoms with Crippen molar-refractivity contribution < 1.29 is 9.47 Å². The zero-order valence-corrected chi connectivity index (χ0v) is 12.9. The van der Waals surface area contributed by atoms with Crippen LogP contribution in [0.25, 0.3) is 0 Å². The molecule has 0 saturated heterocycles. The van der Waals surface area contributed by atoms with Crippen molar-refractivity contribution >= 4 is 0 Å². The summed E-state index contributed by atoms with van der Waals surface area (Å²) in [4.78, 5) is 0. The molecule has 0 heterocycles. The van der Waals surface area contributed by atoms with Gasteiger partial charge >= 0.3 is 0 Å². The van der Waals surface area contributed by atoms with Crippen LogP contribution in [0, 0.1) is 0 Å². The average Bonchev–Trinajstić information content (AvgIpc) is 2.44. The van der Waals surface area contributed by atoms with E-state index < -0.39 is 0 Å². The molecular weight excluding hydrogens is 250 g/mol. The van der Waals surface area contributed by atoms with Gasteiger partial charge in [0, 0.05) is 13.2 Å². The van der Waals surface area contributed by atoms with Crippen molar-refractivity contribution in [2.75, 3.05) is 20.8 Å². The van der Waals surface area contributed by atoms with Crippen molar-refractivity contribution in [3.63, 3.8) is 0 Å². The Morgan fingerprint density at radius 3 is 2.65 bits per heavy atom. The molecule has 1 aromatic carbocycles. The molecule has 1 N–H and O–H groups in total. The number of ether oxygens (including phenoxy) is 2. The Bertz CT molecular complexity index is 410. The lowest BCUT2D eigenvalue weighted by Crippen LogP contribution is -2.57. The summed E-state index contributed by atoms with van der Waals surface area (Å²) >= 11 is 0. The minimum atomic E-state index is 0.0260. The van der Waals surface area contributed by atoms with Gasteiger partial charge in [0.2, 0.25) is 0 Å². The molecule has 20 heavy (non-hydrogen) atoms. The van der Waals surface area contributed by atoms with Gasteiger partial charge in [-0.05, 0) is 56.3 Å². The Morgan fingerprint density at radius 1 is 1.30 bits per heavy atom. The van der Waals surface area contributed by atoms with Gasteiger partial charge in [-0.1, -0.05) is 19.1 Å². The molecule has 2 rings (SSSR count). The second kappa shape index (κ2) is 7.09. The number of nitrogens with one attached hydrogen (secondary N) is 1. The average molecular weight is 277 g/mol. The maximum absolute atomic E-state index is 5.87. The van der Waals surface area contributed by atoms with Gasteiger partial charge in [-0.15, -0.1) is 0 Å². The van der Waals surface area contributed by atoms with E-state index in [1.54, 1.807) is 7.11 Å². The van der Waals surface area contributed by atoms with E-state index in [2.05, 4.69) is 30.4 Å². The fraction of sp³-hybridized carbons (Fsp3) is 0.647. The smallest absolute Gasteiger partial charge is 0.119 e. The molecule has 0 aliphatic heterocycles. The Labute approximate surface area is 122 Å². The van der Waals surface area contributed by atoms with Gasteiger partial charge in [0.15, 0.2) is 0 Å². The minimum absolute atomic E-state index is 0.0260. The van der Waals surface area contributed by atoms with Gasteiger partial charge in [-0.2, -0.15) is 0 Å². The summed E-state index contributed by atoms with van der Waals surface area (Å²) in [6.07, 6.45) is 5.74. The summed E-state index contributed by atoms with van der Waals surface area (Å²) < 4.78 is 11.2. The lowest BCUT2D eigenvalue weighted by Gasteiger charge is -2.47. The molecule has 0 amide bonds. The fourth-order valence-corrected chi connectivity index (χ4v) is 3.02. The second-order valence-electron chi connectivity index (χ2n) is 5.68. The maximum Gasteiger partial charge on any atom is 0.119 e. The molecule has 3 heteroatoms. The Hall–Kier alpha value is -1.06. The number of methoxy groups -OCH3 is 2. The first-order valence-electron chi connectivity index (χ1n) is 7.65. The van der Waals surface area contributed by atoms with Crippen LogP contribution < -0.4 is 10.1 Å². The SMILES string of the molecule is CCCNC(Cc1cccc(OC)c1)C1(OC)CCC1. The first-order chi connectivity index (χ1) is 9.74. The predicted octanol–water partition coefficient (Wildman–Crippen LogP) is 3.18. The summed E-state index contributed by atoms with van der Waals surface area (Å²) in [7, 11) is 3.57. The molecule has 112 valence electrons. The summed E-state index contributed by atoms with van der Waals surface area (Å²) in [5, 5.41) is 3.68. The number of rotatable bonds is 8. The normalized spacial score (nSPS) is 18.4. The topological polar surface area (TPSA) is 30.5 Å². The van der Waals surface area contributed by atoms with Crippen LogP contribution >= 0.6 is 0 Å². The highest BCUT2D eigenvalue weighted by Crippen LogP contribution is 2.39. The summed E-state index contributed by atoms with van der Waals surface area (Å²) in [5.41, 5.74) is 1.33. The fourth-order valence-electron chi connectivity index (χ4n) is 3.02. The van der Waals surface area contributed by atoms with Gasteiger partial charge < -0.3 is 14.8 Å². The zero-order chi connectivity index (χ0) is 14.4. The molecule has 0 spiro atoms. The van der Waals surface area contributed by atoms with E-state index in [4.69, 9.17) is 9.47 Å². The second-order valence-corrected chi connectivity index (χ2v) is 5.68. The molecule has 1 atom stereocenters. The van der Waals surface area contributed by atoms with Gasteiger partial charge in [0.05, 0.1) is 12.7 Å². The van der Waals surface area contributed by atoms with E-state index in [-0.39, 0.29) is 5.60 Å². The van der Waals surface area contributed by atoms with Crippen LogP contribution in [0.4, 0.5) is 0 Å². The first kappa shape index (κ1) is 15.3. The molecule has 1 unspecified atom stereocenters. The predicted molar refractivity (Wildman–Crippen MR) is 82.4 cm³/mol. The van der Waals surface area contributed by atoms with Crippen molar-refractivity contribution in [2.24, 2.45) is 0 Å². The van der Waals surface area contributed by atoms with E-state index in [1.165, 1.54) is 12.0 Å². The molecule has 0 aromatic heterocycles. The highest BCUT2D eigenvalue weighted by atomic mass is 16.5. The van der Waals surface area contributed by atoms with Crippen LogP contribution in [-0.4, -0.2) is 32.4 Å². The molecule has 1 aromatic rings. The summed E-state index contributed by atoms with van der Waals surface area (Å²) in [6.45, 7) is 3.25. The zero-order valence-electron chi connectivity index (χ0n) is 12.9. The minimum Gasteiger partial charge on any atom is -0.497 e. The van der Waals surface area contributed by atoms with Crippen LogP contribution in [-0.2, 0) is 11.2 Å². The molecule has 0 bridgehead atoms. The maximum atomic E-state index is 5.87. The summed E-state index contributed by atoms with van der Waals surface area (Å²) in [6, 6.07) is 8.74. The van der Waals surface area contributed by atoms with E-state index >= 15 is 0 Å². The Kier molecular flexibility index (Phi) is 5.44. The number of hydrogen-bond donors (Lipinski definition) is 1. The number of benzene rings is 1. The van der Waals surface area contributed by atoms with Gasteiger partial charge in [0.1, 0.15) is 5.75 Å². The largest absolute Gasteiger partial charge is 0.497 e. The molecule has 0 radical (unpaired) electrons.